The van der Waals surface area contributed by atoms with Gasteiger partial charge in [0.2, 0.25) is 0 Å². The highest BCUT2D eigenvalue weighted by Crippen LogP contribution is 2.17. The summed E-state index contributed by atoms with van der Waals surface area (Å²) in [6, 6.07) is 7.54. The van der Waals surface area contributed by atoms with Crippen molar-refractivity contribution in [3.63, 3.8) is 0 Å². The van der Waals surface area contributed by atoms with Crippen molar-refractivity contribution < 1.29 is 19.4 Å². The Balaban J connectivity index is 2.36. The van der Waals surface area contributed by atoms with Crippen LogP contribution in [0.15, 0.2) is 28.7 Å². The lowest BCUT2D eigenvalue weighted by Gasteiger charge is -2.19. The van der Waals surface area contributed by atoms with Gasteiger partial charge in [-0.2, -0.15) is 0 Å². The molecule has 0 aliphatic heterocycles. The second-order valence-electron chi connectivity index (χ2n) is 3.97. The summed E-state index contributed by atoms with van der Waals surface area (Å²) in [4.78, 5) is 12.5. The van der Waals surface area contributed by atoms with E-state index in [1.807, 2.05) is 24.3 Å². The SMILES string of the molecule is COCCN(CCOc1cccc(Br)c1)CC(=O)O. The number of aliphatic carboxylic acids is 1. The Hall–Kier alpha value is -1.11. The predicted molar refractivity (Wildman–Crippen MR) is 75.6 cm³/mol. The first-order valence-electron chi connectivity index (χ1n) is 5.93. The number of halogens is 1. The molecule has 1 aromatic rings. The third kappa shape index (κ3) is 7.15. The van der Waals surface area contributed by atoms with Crippen LogP contribution in [0.4, 0.5) is 0 Å². The molecule has 1 aromatic carbocycles. The van der Waals surface area contributed by atoms with Crippen molar-refractivity contribution in [1.82, 2.24) is 4.90 Å². The molecule has 0 fully saturated rings. The van der Waals surface area contributed by atoms with Gasteiger partial charge in [-0.1, -0.05) is 22.0 Å². The average Bonchev–Trinajstić information content (AvgIpc) is 2.35. The molecule has 106 valence electrons. The van der Waals surface area contributed by atoms with Crippen molar-refractivity contribution in [2.45, 2.75) is 0 Å². The van der Waals surface area contributed by atoms with Crippen molar-refractivity contribution in [2.24, 2.45) is 0 Å². The predicted octanol–water partition coefficient (Wildman–Crippen LogP) is 1.86. The maximum absolute atomic E-state index is 10.7. The minimum atomic E-state index is -0.849. The molecule has 0 bridgehead atoms. The monoisotopic (exact) mass is 331 g/mol. The van der Waals surface area contributed by atoms with Crippen molar-refractivity contribution in [3.05, 3.63) is 28.7 Å². The van der Waals surface area contributed by atoms with Gasteiger partial charge in [0, 0.05) is 24.7 Å². The molecule has 0 radical (unpaired) electrons. The van der Waals surface area contributed by atoms with E-state index < -0.39 is 5.97 Å². The fourth-order valence-corrected chi connectivity index (χ4v) is 1.91. The Labute approximate surface area is 121 Å². The quantitative estimate of drug-likeness (QED) is 0.748. The van der Waals surface area contributed by atoms with Crippen LogP contribution in [-0.2, 0) is 9.53 Å². The molecule has 0 amide bonds. The zero-order valence-electron chi connectivity index (χ0n) is 10.8. The standard InChI is InChI=1S/C13H18BrNO4/c1-18-7-5-15(10-13(16)17)6-8-19-12-4-2-3-11(14)9-12/h2-4,9H,5-8,10H2,1H3,(H,16,17). The zero-order chi connectivity index (χ0) is 14.1. The van der Waals surface area contributed by atoms with Gasteiger partial charge in [-0.3, -0.25) is 9.69 Å². The van der Waals surface area contributed by atoms with Crippen LogP contribution in [0.3, 0.4) is 0 Å². The van der Waals surface area contributed by atoms with Gasteiger partial charge in [0.1, 0.15) is 12.4 Å². The fraction of sp³-hybridized carbons (Fsp3) is 0.462. The van der Waals surface area contributed by atoms with E-state index in [1.165, 1.54) is 0 Å². The molecule has 0 unspecified atom stereocenters. The van der Waals surface area contributed by atoms with Crippen LogP contribution in [0.2, 0.25) is 0 Å². The highest BCUT2D eigenvalue weighted by Gasteiger charge is 2.09. The highest BCUT2D eigenvalue weighted by atomic mass is 79.9. The second-order valence-corrected chi connectivity index (χ2v) is 4.88. The number of hydrogen-bond donors (Lipinski definition) is 1. The maximum Gasteiger partial charge on any atom is 0.317 e. The summed E-state index contributed by atoms with van der Waals surface area (Å²) in [5, 5.41) is 8.81. The van der Waals surface area contributed by atoms with E-state index in [0.717, 1.165) is 10.2 Å². The molecule has 0 spiro atoms. The number of hydrogen-bond acceptors (Lipinski definition) is 4. The van der Waals surface area contributed by atoms with Gasteiger partial charge in [0.15, 0.2) is 0 Å². The van der Waals surface area contributed by atoms with Crippen LogP contribution in [-0.4, -0.2) is 55.9 Å². The number of benzene rings is 1. The third-order valence-electron chi connectivity index (χ3n) is 2.44. The number of ether oxygens (including phenoxy) is 2. The van der Waals surface area contributed by atoms with Crippen molar-refractivity contribution in [1.29, 1.82) is 0 Å². The van der Waals surface area contributed by atoms with Gasteiger partial charge in [-0.25, -0.2) is 0 Å². The molecule has 19 heavy (non-hydrogen) atoms. The van der Waals surface area contributed by atoms with Crippen LogP contribution in [0.1, 0.15) is 0 Å². The molecule has 0 heterocycles. The molecular weight excluding hydrogens is 314 g/mol. The zero-order valence-corrected chi connectivity index (χ0v) is 12.4. The largest absolute Gasteiger partial charge is 0.492 e. The summed E-state index contributed by atoms with van der Waals surface area (Å²) < 4.78 is 11.5. The van der Waals surface area contributed by atoms with Crippen molar-refractivity contribution in [2.75, 3.05) is 40.0 Å². The van der Waals surface area contributed by atoms with Gasteiger partial charge < -0.3 is 14.6 Å². The second kappa shape index (κ2) is 8.90. The van der Waals surface area contributed by atoms with Crippen LogP contribution in [0.25, 0.3) is 0 Å². The first-order chi connectivity index (χ1) is 9.11. The fourth-order valence-electron chi connectivity index (χ4n) is 1.53. The van der Waals surface area contributed by atoms with E-state index in [0.29, 0.717) is 26.3 Å². The molecule has 0 aliphatic carbocycles. The number of methoxy groups -OCH3 is 1. The Morgan fingerprint density at radius 1 is 1.37 bits per heavy atom. The van der Waals surface area contributed by atoms with E-state index in [-0.39, 0.29) is 6.54 Å². The molecule has 5 nitrogen and oxygen atoms in total. The van der Waals surface area contributed by atoms with Gasteiger partial charge in [-0.05, 0) is 18.2 Å². The van der Waals surface area contributed by atoms with Crippen LogP contribution in [0.5, 0.6) is 5.75 Å². The lowest BCUT2D eigenvalue weighted by molar-refractivity contribution is -0.138. The Kier molecular flexibility index (Phi) is 7.47. The van der Waals surface area contributed by atoms with Crippen molar-refractivity contribution >= 4 is 21.9 Å². The van der Waals surface area contributed by atoms with Crippen LogP contribution < -0.4 is 4.74 Å². The summed E-state index contributed by atoms with van der Waals surface area (Å²) in [6.45, 7) is 2.05. The Bertz CT molecular complexity index is 400. The van der Waals surface area contributed by atoms with Crippen molar-refractivity contribution in [3.8, 4) is 5.75 Å². The molecule has 0 atom stereocenters. The molecule has 0 aliphatic rings. The Morgan fingerprint density at radius 3 is 2.74 bits per heavy atom. The van der Waals surface area contributed by atoms with E-state index in [2.05, 4.69) is 15.9 Å². The molecule has 1 rings (SSSR count). The number of rotatable bonds is 9. The number of nitrogens with zero attached hydrogens (tertiary/aromatic N) is 1. The third-order valence-corrected chi connectivity index (χ3v) is 2.94. The summed E-state index contributed by atoms with van der Waals surface area (Å²) >= 11 is 3.37. The van der Waals surface area contributed by atoms with Gasteiger partial charge in [-0.15, -0.1) is 0 Å². The van der Waals surface area contributed by atoms with Crippen LogP contribution in [0, 0.1) is 0 Å². The highest BCUT2D eigenvalue weighted by molar-refractivity contribution is 9.10. The normalized spacial score (nSPS) is 10.7. The maximum atomic E-state index is 10.7. The topological polar surface area (TPSA) is 59.0 Å². The summed E-state index contributed by atoms with van der Waals surface area (Å²) in [5.74, 6) is -0.0880. The van der Waals surface area contributed by atoms with Gasteiger partial charge in [0.05, 0.1) is 13.2 Å². The van der Waals surface area contributed by atoms with Gasteiger partial charge >= 0.3 is 5.97 Å². The average molecular weight is 332 g/mol. The Morgan fingerprint density at radius 2 is 2.11 bits per heavy atom. The summed E-state index contributed by atoms with van der Waals surface area (Å²) in [7, 11) is 1.59. The minimum absolute atomic E-state index is 0.00873. The van der Waals surface area contributed by atoms with E-state index in [4.69, 9.17) is 14.6 Å². The number of carbonyl (C=O) groups is 1. The smallest absolute Gasteiger partial charge is 0.317 e. The van der Waals surface area contributed by atoms with Crippen LogP contribution >= 0.6 is 15.9 Å². The summed E-state index contributed by atoms with van der Waals surface area (Å²) in [6.07, 6.45) is 0. The molecular formula is C13H18BrNO4. The molecule has 0 aromatic heterocycles. The summed E-state index contributed by atoms with van der Waals surface area (Å²) in [5.41, 5.74) is 0. The first-order valence-corrected chi connectivity index (χ1v) is 6.72. The van der Waals surface area contributed by atoms with E-state index in [1.54, 1.807) is 12.0 Å². The molecule has 0 saturated heterocycles. The molecule has 1 N–H and O–H groups in total. The lowest BCUT2D eigenvalue weighted by atomic mass is 10.3. The van der Waals surface area contributed by atoms with E-state index in [9.17, 15) is 4.79 Å². The van der Waals surface area contributed by atoms with Gasteiger partial charge in [0.25, 0.3) is 0 Å². The molecule has 0 saturated carbocycles. The minimum Gasteiger partial charge on any atom is -0.492 e. The first kappa shape index (κ1) is 15.9. The van der Waals surface area contributed by atoms with E-state index >= 15 is 0 Å². The molecule has 6 heteroatoms. The lowest BCUT2D eigenvalue weighted by Crippen LogP contribution is -2.35. The number of carboxylic acid groups (broad SMARTS) is 1. The number of carboxylic acids is 1.